The molecule has 64 heavy (non-hydrogen) atoms. The number of pyridine rings is 2. The van der Waals surface area contributed by atoms with Crippen molar-refractivity contribution in [2.45, 2.75) is 91.9 Å². The van der Waals surface area contributed by atoms with Crippen LogP contribution in [0.3, 0.4) is 0 Å². The van der Waals surface area contributed by atoms with E-state index in [4.69, 9.17) is 20.2 Å². The van der Waals surface area contributed by atoms with E-state index in [-0.39, 0.29) is 43.7 Å². The predicted molar refractivity (Wildman–Crippen MR) is 263 cm³/mol. The first-order valence-electron chi connectivity index (χ1n) is 22.3. The van der Waals surface area contributed by atoms with Crippen LogP contribution in [0.15, 0.2) is 134 Å². The topological polar surface area (TPSA) is 62.6 Å². The van der Waals surface area contributed by atoms with Crippen LogP contribution in [-0.2, 0) is 31.9 Å². The first kappa shape index (κ1) is 43.2. The summed E-state index contributed by atoms with van der Waals surface area (Å²) in [5.74, 6) is 1.44. The molecule has 0 amide bonds. The van der Waals surface area contributed by atoms with Gasteiger partial charge in [0.25, 0.3) is 0 Å². The van der Waals surface area contributed by atoms with Gasteiger partial charge >= 0.3 is 21.1 Å². The SMILES string of the molecule is CC(C)c1cccc(C(C)C)c1-c1c(-c2ccccc2)n[n-]c1-c1ccc2c3cc(C(C)(C)C)ccc3n(-c3[c-]c4c(cc3)c3ccccc3n4-c3cc(C(C)(C)C)ccn3)c2n1.[Pt+2]. The van der Waals surface area contributed by atoms with Gasteiger partial charge in [0.2, 0.25) is 0 Å². The largest absolute Gasteiger partial charge is 2.00 e. The third-order valence-electron chi connectivity index (χ3n) is 12.8. The number of hydrogen-bond donors (Lipinski definition) is 0. The monoisotopic (exact) mass is 1020 g/mol. The van der Waals surface area contributed by atoms with Gasteiger partial charge in [0.05, 0.1) is 16.9 Å². The maximum Gasteiger partial charge on any atom is 2.00 e. The van der Waals surface area contributed by atoms with Gasteiger partial charge in [0.1, 0.15) is 11.5 Å². The van der Waals surface area contributed by atoms with Crippen LogP contribution < -0.4 is 5.10 Å². The molecule has 5 heterocycles. The van der Waals surface area contributed by atoms with Crippen molar-refractivity contribution < 1.29 is 21.1 Å². The van der Waals surface area contributed by atoms with Crippen LogP contribution in [0.4, 0.5) is 0 Å². The average Bonchev–Trinajstić information content (AvgIpc) is 3.95. The summed E-state index contributed by atoms with van der Waals surface area (Å²) < 4.78 is 4.56. The molecule has 0 bridgehead atoms. The van der Waals surface area contributed by atoms with Crippen molar-refractivity contribution in [1.82, 2.24) is 29.3 Å². The fourth-order valence-electron chi connectivity index (χ4n) is 9.36. The minimum Gasteiger partial charge on any atom is -0.573 e. The van der Waals surface area contributed by atoms with Gasteiger partial charge in [-0.2, -0.15) is 6.07 Å². The first-order valence-corrected chi connectivity index (χ1v) is 22.3. The van der Waals surface area contributed by atoms with Gasteiger partial charge in [-0.1, -0.05) is 159 Å². The Balaban J connectivity index is 0.00000518. The molecule has 0 aliphatic heterocycles. The van der Waals surface area contributed by atoms with E-state index in [2.05, 4.69) is 212 Å². The molecule has 0 aliphatic rings. The van der Waals surface area contributed by atoms with Gasteiger partial charge in [-0.15, -0.1) is 17.5 Å². The Hall–Kier alpha value is -6.10. The van der Waals surface area contributed by atoms with Crippen molar-refractivity contribution in [3.63, 3.8) is 0 Å². The summed E-state index contributed by atoms with van der Waals surface area (Å²) in [4.78, 5) is 10.6. The van der Waals surface area contributed by atoms with Crippen LogP contribution in [0.2, 0.25) is 0 Å². The Labute approximate surface area is 391 Å². The molecule has 0 spiro atoms. The number of aromatic nitrogens is 6. The molecule has 0 N–H and O–H groups in total. The Kier molecular flexibility index (Phi) is 10.9. The van der Waals surface area contributed by atoms with Crippen molar-refractivity contribution in [3.05, 3.63) is 162 Å². The molecule has 10 aromatic rings. The van der Waals surface area contributed by atoms with Crippen LogP contribution in [0.5, 0.6) is 0 Å². The van der Waals surface area contributed by atoms with Gasteiger partial charge in [-0.25, -0.2) is 9.97 Å². The number of rotatable bonds is 7. The van der Waals surface area contributed by atoms with E-state index in [0.29, 0.717) is 0 Å². The quantitative estimate of drug-likeness (QED) is 0.149. The van der Waals surface area contributed by atoms with Gasteiger partial charge in [0.15, 0.2) is 0 Å². The van der Waals surface area contributed by atoms with Crippen molar-refractivity contribution in [2.24, 2.45) is 0 Å². The van der Waals surface area contributed by atoms with E-state index in [1.165, 1.54) is 27.8 Å². The summed E-state index contributed by atoms with van der Waals surface area (Å²) in [6.45, 7) is 22.6. The third-order valence-corrected chi connectivity index (χ3v) is 12.8. The van der Waals surface area contributed by atoms with Crippen LogP contribution in [0.25, 0.3) is 89.0 Å². The standard InChI is InChI=1S/C57H54N6.Pt/c1-34(2)40-20-16-21-41(35(3)4)51(40)52-53(36-17-12-11-13-18-36)60-61-54(52)46-27-26-44-45-31-37(56(5,6)7)23-28-48(45)62(55(44)59-46)39-24-25-43-42-19-14-15-22-47(42)63(49(43)33-39)50-32-38(29-30-58-50)57(8,9)10;/h11-32,34-35H,1-10H3;/q-2;+2. The number of hydrogen-bond acceptors (Lipinski definition) is 3. The number of nitrogens with zero attached hydrogens (tertiary/aromatic N) is 6. The molecule has 7 heteroatoms. The maximum absolute atomic E-state index is 5.66. The zero-order valence-corrected chi connectivity index (χ0v) is 40.6. The normalized spacial score (nSPS) is 12.4. The van der Waals surface area contributed by atoms with Crippen LogP contribution >= 0.6 is 0 Å². The average molecular weight is 1020 g/mol. The number of para-hydroxylation sites is 1. The van der Waals surface area contributed by atoms with E-state index >= 15 is 0 Å². The Morgan fingerprint density at radius 1 is 0.578 bits per heavy atom. The maximum atomic E-state index is 5.66. The third kappa shape index (κ3) is 7.21. The minimum atomic E-state index is -0.0396. The molecule has 0 unspecified atom stereocenters. The molecular weight excluding hydrogens is 964 g/mol. The molecule has 0 atom stereocenters. The summed E-state index contributed by atoms with van der Waals surface area (Å²) in [5.41, 5.74) is 15.5. The second-order valence-electron chi connectivity index (χ2n) is 19.8. The molecule has 0 radical (unpaired) electrons. The van der Waals surface area contributed by atoms with E-state index in [0.717, 1.165) is 83.5 Å². The number of benzene rings is 5. The summed E-state index contributed by atoms with van der Waals surface area (Å²) in [7, 11) is 0. The number of fused-ring (bicyclic) bond motifs is 6. The fraction of sp³-hybridized carbons (Fsp3) is 0.246. The minimum absolute atomic E-state index is 0. The van der Waals surface area contributed by atoms with Crippen molar-refractivity contribution in [3.8, 4) is 45.3 Å². The van der Waals surface area contributed by atoms with Crippen LogP contribution in [0, 0.1) is 6.07 Å². The molecule has 0 aliphatic carbocycles. The molecule has 5 aromatic carbocycles. The van der Waals surface area contributed by atoms with Crippen molar-refractivity contribution in [1.29, 1.82) is 0 Å². The summed E-state index contributed by atoms with van der Waals surface area (Å²) in [5, 5.41) is 14.5. The van der Waals surface area contributed by atoms with E-state index in [1.807, 2.05) is 6.20 Å². The molecule has 5 aromatic heterocycles. The zero-order valence-electron chi connectivity index (χ0n) is 38.4. The zero-order chi connectivity index (χ0) is 43.9. The second kappa shape index (κ2) is 16.2. The molecule has 322 valence electrons. The van der Waals surface area contributed by atoms with E-state index in [1.54, 1.807) is 0 Å². The summed E-state index contributed by atoms with van der Waals surface area (Å²) in [6.07, 6.45) is 1.93. The Bertz CT molecular complexity index is 3340. The molecule has 0 saturated heterocycles. The first-order chi connectivity index (χ1) is 30.2. The van der Waals surface area contributed by atoms with Crippen LogP contribution in [-0.4, -0.2) is 24.2 Å². The fourth-order valence-corrected chi connectivity index (χ4v) is 9.36. The van der Waals surface area contributed by atoms with E-state index in [9.17, 15) is 0 Å². The Morgan fingerprint density at radius 3 is 1.94 bits per heavy atom. The molecule has 0 fully saturated rings. The van der Waals surface area contributed by atoms with Crippen molar-refractivity contribution in [2.75, 3.05) is 0 Å². The molecule has 0 saturated carbocycles. The Morgan fingerprint density at radius 2 is 1.23 bits per heavy atom. The molecule has 10 rings (SSSR count). The van der Waals surface area contributed by atoms with Gasteiger partial charge in [0, 0.05) is 22.5 Å². The van der Waals surface area contributed by atoms with Crippen LogP contribution in [0.1, 0.15) is 103 Å². The van der Waals surface area contributed by atoms with Crippen molar-refractivity contribution >= 4 is 43.7 Å². The smallest absolute Gasteiger partial charge is 0.573 e. The molecular formula is C57H54N6Pt. The molecule has 6 nitrogen and oxygen atoms in total. The van der Waals surface area contributed by atoms with Gasteiger partial charge in [-0.05, 0) is 109 Å². The van der Waals surface area contributed by atoms with E-state index < -0.39 is 0 Å². The predicted octanol–water partition coefficient (Wildman–Crippen LogP) is 14.7. The summed E-state index contributed by atoms with van der Waals surface area (Å²) >= 11 is 0. The van der Waals surface area contributed by atoms with Gasteiger partial charge in [-0.3, -0.25) is 0 Å². The summed E-state index contributed by atoms with van der Waals surface area (Å²) in [6, 6.07) is 49.7. The van der Waals surface area contributed by atoms with Gasteiger partial charge < -0.3 is 19.3 Å². The second-order valence-corrected chi connectivity index (χ2v) is 19.8.